The summed E-state index contributed by atoms with van der Waals surface area (Å²) in [7, 11) is 1.62. The number of aromatic nitrogens is 4. The molecule has 0 spiro atoms. The molecule has 0 saturated heterocycles. The molecule has 3 N–H and O–H groups in total. The summed E-state index contributed by atoms with van der Waals surface area (Å²) in [5, 5.41) is 5.56. The predicted octanol–water partition coefficient (Wildman–Crippen LogP) is 3.48. The van der Waals surface area contributed by atoms with Gasteiger partial charge in [0.15, 0.2) is 11.6 Å². The largest absolute Gasteiger partial charge is 0.348 e. The lowest BCUT2D eigenvalue weighted by atomic mass is 10.0. The SMILES string of the molecule is Cc1c(C(=O)NCC=Cc2ccc3c(c2)NC(=O)C3=Cc2cnc[nH]2)c(=O)n(Cc2ccc(F)c(F)c2)n1C. The Bertz CT molecular complexity index is 1710. The van der Waals surface area contributed by atoms with Crippen LogP contribution in [0.15, 0.2) is 59.8 Å². The van der Waals surface area contributed by atoms with E-state index in [0.29, 0.717) is 22.5 Å². The molecule has 4 aromatic rings. The van der Waals surface area contributed by atoms with Crippen molar-refractivity contribution in [3.05, 3.63) is 111 Å². The molecule has 0 radical (unpaired) electrons. The van der Waals surface area contributed by atoms with Crippen molar-refractivity contribution in [1.29, 1.82) is 0 Å². The van der Waals surface area contributed by atoms with Crippen LogP contribution in [0.5, 0.6) is 0 Å². The van der Waals surface area contributed by atoms with E-state index in [-0.39, 0.29) is 24.6 Å². The first-order valence-electron chi connectivity index (χ1n) is 12.0. The fraction of sp³-hybridized carbons (Fsp3) is 0.143. The quantitative estimate of drug-likeness (QED) is 0.318. The second-order valence-electron chi connectivity index (χ2n) is 9.03. The van der Waals surface area contributed by atoms with E-state index in [9.17, 15) is 23.2 Å². The molecule has 3 heterocycles. The lowest BCUT2D eigenvalue weighted by molar-refractivity contribution is -0.110. The zero-order valence-electron chi connectivity index (χ0n) is 21.1. The van der Waals surface area contributed by atoms with Gasteiger partial charge in [0.1, 0.15) is 5.56 Å². The third-order valence-electron chi connectivity index (χ3n) is 6.54. The molecule has 2 aromatic carbocycles. The first-order chi connectivity index (χ1) is 18.7. The molecule has 1 aliphatic rings. The monoisotopic (exact) mass is 530 g/mol. The van der Waals surface area contributed by atoms with Crippen LogP contribution in [0.25, 0.3) is 17.7 Å². The van der Waals surface area contributed by atoms with Crippen LogP contribution in [0.2, 0.25) is 0 Å². The number of rotatable bonds is 7. The van der Waals surface area contributed by atoms with Gasteiger partial charge < -0.3 is 15.6 Å². The van der Waals surface area contributed by atoms with E-state index in [1.807, 2.05) is 18.2 Å². The molecule has 0 fully saturated rings. The van der Waals surface area contributed by atoms with E-state index in [0.717, 1.165) is 29.0 Å². The van der Waals surface area contributed by atoms with Crippen molar-refractivity contribution in [1.82, 2.24) is 24.6 Å². The normalized spacial score (nSPS) is 13.7. The topological polar surface area (TPSA) is 114 Å². The number of nitrogens with zero attached hydrogens (tertiary/aromatic N) is 3. The number of hydrogen-bond acceptors (Lipinski definition) is 4. The summed E-state index contributed by atoms with van der Waals surface area (Å²) >= 11 is 0. The van der Waals surface area contributed by atoms with Gasteiger partial charge in [-0.05, 0) is 42.3 Å². The van der Waals surface area contributed by atoms with E-state index in [1.165, 1.54) is 21.8 Å². The number of halogens is 2. The Labute approximate surface area is 221 Å². The molecule has 0 saturated carbocycles. The molecule has 11 heteroatoms. The Morgan fingerprint density at radius 1 is 1.13 bits per heavy atom. The number of benzene rings is 2. The lowest BCUT2D eigenvalue weighted by Gasteiger charge is -2.08. The smallest absolute Gasteiger partial charge is 0.280 e. The highest BCUT2D eigenvalue weighted by atomic mass is 19.2. The molecule has 0 bridgehead atoms. The molecule has 2 amide bonds. The standard InChI is InChI=1S/C28H24F2N6O3/c1-16-25(28(39)36(35(16)2)14-18-6-8-22(29)23(30)10-18)27(38)32-9-3-4-17-5-7-20-21(12-19-13-31-15-33-19)26(37)34-24(20)11-17/h3-8,10-13,15H,9,14H2,1-2H3,(H,31,33)(H,32,38)(H,34,37). The average molecular weight is 531 g/mol. The number of fused-ring (bicyclic) bond motifs is 1. The summed E-state index contributed by atoms with van der Waals surface area (Å²) in [5.74, 6) is -2.73. The first-order valence-corrected chi connectivity index (χ1v) is 12.0. The van der Waals surface area contributed by atoms with Gasteiger partial charge in [-0.15, -0.1) is 0 Å². The van der Waals surface area contributed by atoms with E-state index >= 15 is 0 Å². The van der Waals surface area contributed by atoms with Crippen molar-refractivity contribution in [2.75, 3.05) is 11.9 Å². The highest BCUT2D eigenvalue weighted by Gasteiger charge is 2.24. The van der Waals surface area contributed by atoms with Crippen LogP contribution < -0.4 is 16.2 Å². The van der Waals surface area contributed by atoms with E-state index in [4.69, 9.17) is 0 Å². The Hall–Kier alpha value is -5.06. The highest BCUT2D eigenvalue weighted by molar-refractivity contribution is 6.34. The van der Waals surface area contributed by atoms with Crippen LogP contribution in [-0.2, 0) is 18.4 Å². The number of nitrogens with one attached hydrogen (secondary N) is 3. The van der Waals surface area contributed by atoms with Crippen molar-refractivity contribution in [3.8, 4) is 0 Å². The molecule has 0 atom stereocenters. The van der Waals surface area contributed by atoms with Gasteiger partial charge in [-0.2, -0.15) is 0 Å². The Morgan fingerprint density at radius 2 is 1.95 bits per heavy atom. The number of anilines is 1. The number of carbonyl (C=O) groups excluding carboxylic acids is 2. The maximum atomic E-state index is 13.6. The molecule has 0 unspecified atom stereocenters. The molecule has 1 aliphatic heterocycles. The van der Waals surface area contributed by atoms with Crippen LogP contribution in [0, 0.1) is 18.6 Å². The number of amides is 2. The molecule has 0 aliphatic carbocycles. The van der Waals surface area contributed by atoms with Gasteiger partial charge in [-0.1, -0.05) is 30.4 Å². The maximum Gasteiger partial charge on any atom is 0.280 e. The zero-order chi connectivity index (χ0) is 27.7. The minimum Gasteiger partial charge on any atom is -0.348 e. The zero-order valence-corrected chi connectivity index (χ0v) is 21.1. The summed E-state index contributed by atoms with van der Waals surface area (Å²) in [6, 6.07) is 8.94. The summed E-state index contributed by atoms with van der Waals surface area (Å²) in [5.41, 5.74) is 3.80. The van der Waals surface area contributed by atoms with Crippen LogP contribution in [0.4, 0.5) is 14.5 Å². The maximum absolute atomic E-state index is 13.6. The summed E-state index contributed by atoms with van der Waals surface area (Å²) in [6.07, 6.45) is 8.43. The number of imidazole rings is 1. The molecule has 39 heavy (non-hydrogen) atoms. The molecule has 198 valence electrons. The fourth-order valence-corrected chi connectivity index (χ4v) is 4.41. The highest BCUT2D eigenvalue weighted by Crippen LogP contribution is 2.33. The molecule has 5 rings (SSSR count). The van der Waals surface area contributed by atoms with Gasteiger partial charge in [0, 0.05) is 30.5 Å². The van der Waals surface area contributed by atoms with Crippen molar-refractivity contribution >= 4 is 35.2 Å². The first kappa shape index (κ1) is 25.6. The van der Waals surface area contributed by atoms with Crippen LogP contribution >= 0.6 is 0 Å². The molecule has 2 aromatic heterocycles. The van der Waals surface area contributed by atoms with Crippen molar-refractivity contribution in [3.63, 3.8) is 0 Å². The number of aromatic amines is 1. The molecular weight excluding hydrogens is 506 g/mol. The Kier molecular flexibility index (Phi) is 6.80. The average Bonchev–Trinajstić information content (AvgIpc) is 3.59. The van der Waals surface area contributed by atoms with E-state index < -0.39 is 23.1 Å². The van der Waals surface area contributed by atoms with Crippen molar-refractivity contribution in [2.45, 2.75) is 13.5 Å². The third-order valence-corrected chi connectivity index (χ3v) is 6.54. The van der Waals surface area contributed by atoms with E-state index in [2.05, 4.69) is 20.6 Å². The van der Waals surface area contributed by atoms with E-state index in [1.54, 1.807) is 38.4 Å². The second kappa shape index (κ2) is 10.4. The summed E-state index contributed by atoms with van der Waals surface area (Å²) in [6.45, 7) is 1.78. The van der Waals surface area contributed by atoms with Crippen LogP contribution in [0.3, 0.4) is 0 Å². The summed E-state index contributed by atoms with van der Waals surface area (Å²) in [4.78, 5) is 45.1. The second-order valence-corrected chi connectivity index (χ2v) is 9.03. The van der Waals surface area contributed by atoms with Crippen molar-refractivity contribution in [2.24, 2.45) is 7.05 Å². The van der Waals surface area contributed by atoms with Gasteiger partial charge in [0.05, 0.1) is 30.3 Å². The molecular formula is C28H24F2N6O3. The molecule has 9 nitrogen and oxygen atoms in total. The minimum atomic E-state index is -1.01. The van der Waals surface area contributed by atoms with Gasteiger partial charge in [0.25, 0.3) is 17.4 Å². The van der Waals surface area contributed by atoms with Gasteiger partial charge in [0.2, 0.25) is 0 Å². The minimum absolute atomic E-state index is 0.0196. The van der Waals surface area contributed by atoms with Crippen LogP contribution in [-0.4, -0.2) is 37.7 Å². The number of carbonyl (C=O) groups is 2. The van der Waals surface area contributed by atoms with Gasteiger partial charge >= 0.3 is 0 Å². The lowest BCUT2D eigenvalue weighted by Crippen LogP contribution is -2.31. The Morgan fingerprint density at radius 3 is 2.69 bits per heavy atom. The third kappa shape index (κ3) is 5.06. The Balaban J connectivity index is 1.25. The van der Waals surface area contributed by atoms with Crippen molar-refractivity contribution < 1.29 is 18.4 Å². The van der Waals surface area contributed by atoms with Gasteiger partial charge in [-0.3, -0.25) is 19.1 Å². The van der Waals surface area contributed by atoms with Gasteiger partial charge in [-0.25, -0.2) is 18.4 Å². The fourth-order valence-electron chi connectivity index (χ4n) is 4.41. The summed E-state index contributed by atoms with van der Waals surface area (Å²) < 4.78 is 29.7. The van der Waals surface area contributed by atoms with Crippen LogP contribution in [0.1, 0.15) is 38.4 Å². The predicted molar refractivity (Wildman–Crippen MR) is 143 cm³/mol. The number of hydrogen-bond donors (Lipinski definition) is 3. The number of H-pyrrole nitrogens is 1.